The van der Waals surface area contributed by atoms with Gasteiger partial charge >= 0.3 is 0 Å². The van der Waals surface area contributed by atoms with Gasteiger partial charge < -0.3 is 18.9 Å². The van der Waals surface area contributed by atoms with E-state index in [4.69, 9.17) is 25.6 Å². The predicted molar refractivity (Wildman–Crippen MR) is 109 cm³/mol. The Morgan fingerprint density at radius 2 is 1.97 bits per heavy atom. The number of aromatic nitrogens is 1. The van der Waals surface area contributed by atoms with Crippen LogP contribution in [0.25, 0.3) is 11.3 Å². The molecular weight excluding hydrogens is 411 g/mol. The van der Waals surface area contributed by atoms with E-state index in [1.54, 1.807) is 17.9 Å². The summed E-state index contributed by atoms with van der Waals surface area (Å²) in [5.74, 6) is 0.676. The quantitative estimate of drug-likeness (QED) is 0.577. The van der Waals surface area contributed by atoms with Crippen LogP contribution in [0.5, 0.6) is 11.5 Å². The number of aryl methyl sites for hydroxylation is 1. The summed E-state index contributed by atoms with van der Waals surface area (Å²) in [6, 6.07) is 9.89. The van der Waals surface area contributed by atoms with Gasteiger partial charge in [-0.1, -0.05) is 35.0 Å². The molecule has 156 valence electrons. The first-order valence-electron chi connectivity index (χ1n) is 9.58. The van der Waals surface area contributed by atoms with Crippen LogP contribution in [0.1, 0.15) is 28.6 Å². The Balaban J connectivity index is 1.70. The number of para-hydroxylation sites is 1. The highest BCUT2D eigenvalue weighted by molar-refractivity contribution is 6.33. The predicted octanol–water partition coefficient (Wildman–Crippen LogP) is 4.88. The van der Waals surface area contributed by atoms with Gasteiger partial charge in [0.2, 0.25) is 0 Å². The molecule has 30 heavy (non-hydrogen) atoms. The molecule has 0 N–H and O–H groups in total. The lowest BCUT2D eigenvalue weighted by Gasteiger charge is -2.25. The molecule has 4 rings (SSSR count). The molecule has 0 atom stereocenters. The van der Waals surface area contributed by atoms with Gasteiger partial charge in [0.15, 0.2) is 11.5 Å². The van der Waals surface area contributed by atoms with E-state index in [9.17, 15) is 9.18 Å². The average molecular weight is 431 g/mol. The first-order chi connectivity index (χ1) is 14.5. The summed E-state index contributed by atoms with van der Waals surface area (Å²) in [7, 11) is 0. The molecule has 1 aliphatic heterocycles. The molecule has 6 nitrogen and oxygen atoms in total. The molecule has 1 aliphatic rings. The number of hydrogen-bond acceptors (Lipinski definition) is 5. The van der Waals surface area contributed by atoms with Gasteiger partial charge in [-0.05, 0) is 32.0 Å². The van der Waals surface area contributed by atoms with Crippen LogP contribution in [-0.2, 0) is 6.54 Å². The molecule has 2 aromatic carbocycles. The monoisotopic (exact) mass is 430 g/mol. The van der Waals surface area contributed by atoms with Crippen LogP contribution in [0.4, 0.5) is 4.39 Å². The summed E-state index contributed by atoms with van der Waals surface area (Å²) in [6.07, 6.45) is 0. The molecule has 0 radical (unpaired) electrons. The van der Waals surface area contributed by atoms with Crippen LogP contribution >= 0.6 is 11.6 Å². The van der Waals surface area contributed by atoms with Crippen molar-refractivity contribution in [2.75, 3.05) is 19.8 Å². The van der Waals surface area contributed by atoms with Gasteiger partial charge in [0.05, 0.1) is 10.6 Å². The summed E-state index contributed by atoms with van der Waals surface area (Å²) in [6.45, 7) is 5.12. The minimum atomic E-state index is -0.574. The summed E-state index contributed by atoms with van der Waals surface area (Å²) in [5, 5.41) is 4.09. The molecule has 8 heteroatoms. The summed E-state index contributed by atoms with van der Waals surface area (Å²) < 4.78 is 31.1. The van der Waals surface area contributed by atoms with E-state index >= 15 is 0 Å². The average Bonchev–Trinajstić information content (AvgIpc) is 3.12. The Kier molecular flexibility index (Phi) is 5.63. The molecule has 0 unspecified atom stereocenters. The van der Waals surface area contributed by atoms with Crippen molar-refractivity contribution < 1.29 is 23.2 Å². The Labute approximate surface area is 178 Å². The molecule has 1 aromatic heterocycles. The van der Waals surface area contributed by atoms with Gasteiger partial charge in [-0.25, -0.2) is 4.39 Å². The molecule has 0 saturated heterocycles. The van der Waals surface area contributed by atoms with Crippen LogP contribution in [0.15, 0.2) is 40.9 Å². The third kappa shape index (κ3) is 3.61. The normalized spacial score (nSPS) is 12.7. The number of rotatable bonds is 5. The SMILES string of the molecule is CCN(Cc1cccc2c1OCCO2)C(=O)c1c(-c2c(F)cccc2Cl)noc1C. The maximum atomic E-state index is 14.5. The highest BCUT2D eigenvalue weighted by Gasteiger charge is 2.29. The van der Waals surface area contributed by atoms with Crippen LogP contribution < -0.4 is 9.47 Å². The van der Waals surface area contributed by atoms with E-state index in [0.717, 1.165) is 5.56 Å². The number of hydrogen-bond donors (Lipinski definition) is 0. The minimum Gasteiger partial charge on any atom is -0.486 e. The number of nitrogens with zero attached hydrogens (tertiary/aromatic N) is 2. The zero-order valence-electron chi connectivity index (χ0n) is 16.6. The molecule has 3 aromatic rings. The Morgan fingerprint density at radius 1 is 1.20 bits per heavy atom. The van der Waals surface area contributed by atoms with Gasteiger partial charge in [0.1, 0.15) is 36.0 Å². The fraction of sp³-hybridized carbons (Fsp3) is 0.273. The fourth-order valence-corrected chi connectivity index (χ4v) is 3.72. The Morgan fingerprint density at radius 3 is 2.73 bits per heavy atom. The maximum Gasteiger partial charge on any atom is 0.260 e. The fourth-order valence-electron chi connectivity index (χ4n) is 3.47. The second-order valence-electron chi connectivity index (χ2n) is 6.82. The summed E-state index contributed by atoms with van der Waals surface area (Å²) in [4.78, 5) is 15.1. The van der Waals surface area contributed by atoms with E-state index < -0.39 is 5.82 Å². The van der Waals surface area contributed by atoms with Crippen LogP contribution in [0.3, 0.4) is 0 Å². The number of ether oxygens (including phenoxy) is 2. The minimum absolute atomic E-state index is 0.0456. The molecule has 2 heterocycles. The molecule has 0 bridgehead atoms. The van der Waals surface area contributed by atoms with Crippen LogP contribution in [-0.4, -0.2) is 35.7 Å². The van der Waals surface area contributed by atoms with Gasteiger partial charge in [0, 0.05) is 18.7 Å². The van der Waals surface area contributed by atoms with Crippen molar-refractivity contribution in [3.63, 3.8) is 0 Å². The zero-order valence-corrected chi connectivity index (χ0v) is 17.3. The molecule has 1 amide bonds. The number of benzene rings is 2. The first kappa shape index (κ1) is 20.2. The second kappa shape index (κ2) is 8.36. The molecule has 0 aliphatic carbocycles. The van der Waals surface area contributed by atoms with Crippen molar-refractivity contribution in [2.45, 2.75) is 20.4 Å². The topological polar surface area (TPSA) is 64.8 Å². The highest BCUT2D eigenvalue weighted by Crippen LogP contribution is 2.36. The molecule has 0 fully saturated rings. The Hall–Kier alpha value is -3.06. The van der Waals surface area contributed by atoms with Gasteiger partial charge in [0.25, 0.3) is 5.91 Å². The lowest BCUT2D eigenvalue weighted by Crippen LogP contribution is -2.31. The number of carbonyl (C=O) groups excluding carboxylic acids is 1. The van der Waals surface area contributed by atoms with E-state index in [1.807, 2.05) is 25.1 Å². The van der Waals surface area contributed by atoms with E-state index in [1.165, 1.54) is 12.1 Å². The van der Waals surface area contributed by atoms with Crippen LogP contribution in [0, 0.1) is 12.7 Å². The third-order valence-corrected chi connectivity index (χ3v) is 5.27. The van der Waals surface area contributed by atoms with Crippen LogP contribution in [0.2, 0.25) is 5.02 Å². The molecule has 0 spiro atoms. The first-order valence-corrected chi connectivity index (χ1v) is 9.96. The summed E-state index contributed by atoms with van der Waals surface area (Å²) >= 11 is 6.20. The second-order valence-corrected chi connectivity index (χ2v) is 7.23. The van der Waals surface area contributed by atoms with Gasteiger partial charge in [-0.3, -0.25) is 4.79 Å². The Bertz CT molecular complexity index is 1080. The van der Waals surface area contributed by atoms with Crippen molar-refractivity contribution in [3.8, 4) is 22.8 Å². The molecular formula is C22H20ClFN2O4. The number of amides is 1. The third-order valence-electron chi connectivity index (χ3n) is 4.95. The van der Waals surface area contributed by atoms with Crippen molar-refractivity contribution in [1.82, 2.24) is 10.1 Å². The van der Waals surface area contributed by atoms with Crippen molar-refractivity contribution in [3.05, 3.63) is 64.1 Å². The lowest BCUT2D eigenvalue weighted by atomic mass is 10.0. The largest absolute Gasteiger partial charge is 0.486 e. The van der Waals surface area contributed by atoms with Gasteiger partial charge in [-0.15, -0.1) is 0 Å². The summed E-state index contributed by atoms with van der Waals surface area (Å²) in [5.41, 5.74) is 1.14. The standard InChI is InChI=1S/C22H20ClFN2O4/c1-3-26(12-14-6-4-9-17-21(14)29-11-10-28-17)22(27)18-13(2)30-25-20(18)19-15(23)7-5-8-16(19)24/h4-9H,3,10-12H2,1-2H3. The zero-order chi connectivity index (χ0) is 21.3. The van der Waals surface area contributed by atoms with Crippen molar-refractivity contribution in [2.24, 2.45) is 0 Å². The number of halogens is 2. The van der Waals surface area contributed by atoms with Crippen molar-refractivity contribution >= 4 is 17.5 Å². The van der Waals surface area contributed by atoms with E-state index in [2.05, 4.69) is 5.16 Å². The smallest absolute Gasteiger partial charge is 0.260 e. The number of carbonyl (C=O) groups is 1. The van der Waals surface area contributed by atoms with Gasteiger partial charge in [-0.2, -0.15) is 0 Å². The maximum absolute atomic E-state index is 14.5. The highest BCUT2D eigenvalue weighted by atomic mass is 35.5. The van der Waals surface area contributed by atoms with Crippen molar-refractivity contribution in [1.29, 1.82) is 0 Å². The lowest BCUT2D eigenvalue weighted by molar-refractivity contribution is 0.0748. The molecule has 0 saturated carbocycles. The number of fused-ring (bicyclic) bond motifs is 1. The van der Waals surface area contributed by atoms with E-state index in [0.29, 0.717) is 37.0 Å². The van der Waals surface area contributed by atoms with E-state index in [-0.39, 0.29) is 34.3 Å².